The molecule has 1 fully saturated rings. The van der Waals surface area contributed by atoms with Gasteiger partial charge >= 0.3 is 0 Å². The number of hydrogen-bond donors (Lipinski definition) is 0. The lowest BCUT2D eigenvalue weighted by Crippen LogP contribution is -2.33. The van der Waals surface area contributed by atoms with Crippen molar-refractivity contribution in [3.8, 4) is 17.3 Å². The molecule has 0 unspecified atom stereocenters. The predicted molar refractivity (Wildman–Crippen MR) is 159 cm³/mol. The van der Waals surface area contributed by atoms with Crippen LogP contribution in [-0.4, -0.2) is 29.0 Å². The molecule has 0 bridgehead atoms. The highest BCUT2D eigenvalue weighted by atomic mass is 32.2. The Morgan fingerprint density at radius 3 is 2.41 bits per heavy atom. The number of nitrogens with zero attached hydrogens (tertiary/aromatic N) is 5. The van der Waals surface area contributed by atoms with E-state index >= 15 is 0 Å². The van der Waals surface area contributed by atoms with Gasteiger partial charge in [-0.25, -0.2) is 9.07 Å². The van der Waals surface area contributed by atoms with Crippen molar-refractivity contribution in [2.24, 2.45) is 7.05 Å². The van der Waals surface area contributed by atoms with Gasteiger partial charge in [-0.2, -0.15) is 4.98 Å². The first-order valence-electron chi connectivity index (χ1n) is 12.3. The van der Waals surface area contributed by atoms with Crippen LogP contribution in [0.5, 0.6) is 11.6 Å². The number of pyridine rings is 1. The fraction of sp³-hybridized carbons (Fsp3) is 0.0690. The molecule has 4 heterocycles. The van der Waals surface area contributed by atoms with Crippen LogP contribution in [0.3, 0.4) is 0 Å². The van der Waals surface area contributed by atoms with Crippen LogP contribution in [-0.2, 0) is 11.8 Å². The number of para-hydroxylation sites is 2. The summed E-state index contributed by atoms with van der Waals surface area (Å²) in [6.45, 7) is 1.72. The van der Waals surface area contributed by atoms with Gasteiger partial charge in [-0.3, -0.25) is 28.4 Å². The molecular weight excluding hydrogens is 565 g/mol. The van der Waals surface area contributed by atoms with Gasteiger partial charge in [0, 0.05) is 13.2 Å². The van der Waals surface area contributed by atoms with Gasteiger partial charge in [0.05, 0.1) is 16.3 Å². The van der Waals surface area contributed by atoms with Crippen molar-refractivity contribution in [2.75, 3.05) is 4.90 Å². The Hall–Kier alpha value is -4.81. The van der Waals surface area contributed by atoms with Crippen molar-refractivity contribution in [3.63, 3.8) is 0 Å². The maximum absolute atomic E-state index is 14.4. The fourth-order valence-corrected chi connectivity index (χ4v) is 5.77. The number of carbonyl (C=O) groups is 1. The van der Waals surface area contributed by atoms with Gasteiger partial charge in [0.25, 0.3) is 17.0 Å². The molecule has 0 atom stereocenters. The Morgan fingerprint density at radius 2 is 1.66 bits per heavy atom. The normalized spacial score (nSPS) is 14.4. The zero-order valence-electron chi connectivity index (χ0n) is 21.6. The van der Waals surface area contributed by atoms with Crippen LogP contribution in [0.25, 0.3) is 17.4 Å². The van der Waals surface area contributed by atoms with Crippen LogP contribution in [0.15, 0.2) is 93.5 Å². The minimum absolute atomic E-state index is 0.0797. The number of thioether (sulfide) groups is 1. The zero-order chi connectivity index (χ0) is 28.8. The van der Waals surface area contributed by atoms with E-state index in [0.717, 1.165) is 11.8 Å². The number of benzene rings is 2. The van der Waals surface area contributed by atoms with Gasteiger partial charge in [0.15, 0.2) is 15.9 Å². The molecule has 0 radical (unpaired) electrons. The number of carbonyl (C=O) groups excluding carboxylic acids is 1. The number of ether oxygens (including phenoxy) is 1. The van der Waals surface area contributed by atoms with E-state index in [1.165, 1.54) is 44.5 Å². The molecule has 9 nitrogen and oxygen atoms in total. The highest BCUT2D eigenvalue weighted by molar-refractivity contribution is 8.27. The van der Waals surface area contributed by atoms with Gasteiger partial charge in [-0.15, -0.1) is 0 Å². The molecule has 12 heteroatoms. The lowest BCUT2D eigenvalue weighted by atomic mass is 10.2. The van der Waals surface area contributed by atoms with Crippen molar-refractivity contribution in [2.45, 2.75) is 6.92 Å². The second-order valence-electron chi connectivity index (χ2n) is 9.02. The molecule has 5 aromatic rings. The Balaban J connectivity index is 1.47. The predicted octanol–water partition coefficient (Wildman–Crippen LogP) is 4.83. The first kappa shape index (κ1) is 26.4. The molecule has 41 heavy (non-hydrogen) atoms. The number of fused-ring (bicyclic) bond motifs is 1. The highest BCUT2D eigenvalue weighted by Crippen LogP contribution is 2.37. The van der Waals surface area contributed by atoms with Gasteiger partial charge in [0.1, 0.15) is 16.9 Å². The smallest absolute Gasteiger partial charge is 0.296 e. The van der Waals surface area contributed by atoms with E-state index < -0.39 is 22.8 Å². The van der Waals surface area contributed by atoms with Gasteiger partial charge < -0.3 is 4.74 Å². The van der Waals surface area contributed by atoms with E-state index in [1.807, 2.05) is 18.2 Å². The van der Waals surface area contributed by atoms with Crippen molar-refractivity contribution < 1.29 is 13.9 Å². The van der Waals surface area contributed by atoms with Crippen LogP contribution in [0, 0.1) is 12.7 Å². The summed E-state index contributed by atoms with van der Waals surface area (Å²) in [5.74, 6) is -1.54. The van der Waals surface area contributed by atoms with E-state index in [-0.39, 0.29) is 37.8 Å². The molecule has 3 aromatic heterocycles. The van der Waals surface area contributed by atoms with E-state index in [4.69, 9.17) is 17.0 Å². The average Bonchev–Trinajstić information content (AvgIpc) is 3.36. The number of aromatic nitrogens is 4. The summed E-state index contributed by atoms with van der Waals surface area (Å²) in [6, 6.07) is 19.7. The highest BCUT2D eigenvalue weighted by Gasteiger charge is 2.38. The third-order valence-electron chi connectivity index (χ3n) is 6.59. The quantitative estimate of drug-likeness (QED) is 0.216. The Morgan fingerprint density at radius 1 is 0.951 bits per heavy atom. The summed E-state index contributed by atoms with van der Waals surface area (Å²) in [5, 5.41) is 0. The minimum atomic E-state index is -0.644. The van der Waals surface area contributed by atoms with Crippen molar-refractivity contribution in [1.82, 2.24) is 18.7 Å². The second-order valence-corrected chi connectivity index (χ2v) is 10.7. The minimum Gasteiger partial charge on any atom is -0.435 e. The maximum atomic E-state index is 14.4. The number of amides is 1. The molecule has 2 aromatic carbocycles. The molecule has 204 valence electrons. The SMILES string of the molecule is Cc1c(N2C(=O)/C(=C\c3c(Oc4ccccc4F)nc4ccccn4c3=O)SC2=S)c(=O)n(-c2ccccc2)n1C. The molecule has 6 rings (SSSR count). The summed E-state index contributed by atoms with van der Waals surface area (Å²) in [7, 11) is 1.72. The van der Waals surface area contributed by atoms with Crippen molar-refractivity contribution in [1.29, 1.82) is 0 Å². The summed E-state index contributed by atoms with van der Waals surface area (Å²) >= 11 is 6.47. The lowest BCUT2D eigenvalue weighted by molar-refractivity contribution is -0.113. The number of anilines is 1. The third-order valence-corrected chi connectivity index (χ3v) is 7.90. The van der Waals surface area contributed by atoms with E-state index in [1.54, 1.807) is 55.1 Å². The molecular formula is C29H20FN5O4S2. The van der Waals surface area contributed by atoms with Crippen LogP contribution < -0.4 is 20.8 Å². The van der Waals surface area contributed by atoms with Crippen molar-refractivity contribution >= 4 is 51.6 Å². The molecule has 1 aliphatic heterocycles. The van der Waals surface area contributed by atoms with Gasteiger partial charge in [-0.1, -0.05) is 60.4 Å². The molecule has 0 spiro atoms. The number of halogens is 1. The van der Waals surface area contributed by atoms with E-state index in [0.29, 0.717) is 11.4 Å². The number of thiocarbonyl (C=S) groups is 1. The fourth-order valence-electron chi connectivity index (χ4n) is 4.52. The van der Waals surface area contributed by atoms with Crippen LogP contribution in [0.4, 0.5) is 10.1 Å². The summed E-state index contributed by atoms with van der Waals surface area (Å²) < 4.78 is 24.7. The largest absolute Gasteiger partial charge is 0.435 e. The Kier molecular flexibility index (Phi) is 6.64. The van der Waals surface area contributed by atoms with Gasteiger partial charge in [-0.05, 0) is 49.4 Å². The monoisotopic (exact) mass is 585 g/mol. The molecule has 0 aliphatic carbocycles. The number of rotatable bonds is 5. The maximum Gasteiger partial charge on any atom is 0.296 e. The average molecular weight is 586 g/mol. The summed E-state index contributed by atoms with van der Waals surface area (Å²) in [5.41, 5.74) is 0.490. The Labute approximate surface area is 241 Å². The van der Waals surface area contributed by atoms with Gasteiger partial charge in [0.2, 0.25) is 5.88 Å². The molecule has 0 saturated carbocycles. The lowest BCUT2D eigenvalue weighted by Gasteiger charge is -2.12. The summed E-state index contributed by atoms with van der Waals surface area (Å²) in [6.07, 6.45) is 2.84. The topological polar surface area (TPSA) is 90.8 Å². The summed E-state index contributed by atoms with van der Waals surface area (Å²) in [4.78, 5) is 46.5. The Bertz CT molecular complexity index is 2030. The second kappa shape index (κ2) is 10.3. The number of hydrogen-bond acceptors (Lipinski definition) is 7. The molecule has 1 saturated heterocycles. The first-order chi connectivity index (χ1) is 19.8. The first-order valence-corrected chi connectivity index (χ1v) is 13.5. The van der Waals surface area contributed by atoms with Crippen LogP contribution in [0.2, 0.25) is 0 Å². The standard InChI is InChI=1S/C29H20FN5O4S2/c1-17-24(28(38)35(32(17)2)18-10-4-3-5-11-18)34-27(37)22(41-29(34)40)16-19-25(39-21-13-7-6-12-20(21)30)31-23-14-8-9-15-33(23)26(19)36/h3-16H,1-2H3/b22-16+. The van der Waals surface area contributed by atoms with E-state index in [2.05, 4.69) is 4.98 Å². The molecule has 1 aliphatic rings. The van der Waals surface area contributed by atoms with Crippen LogP contribution >= 0.6 is 24.0 Å². The third kappa shape index (κ3) is 4.46. The molecule has 1 amide bonds. The molecule has 0 N–H and O–H groups in total. The van der Waals surface area contributed by atoms with Crippen molar-refractivity contribution in [3.05, 3.63) is 122 Å². The van der Waals surface area contributed by atoms with E-state index in [9.17, 15) is 18.8 Å². The van der Waals surface area contributed by atoms with Crippen LogP contribution in [0.1, 0.15) is 11.3 Å². The zero-order valence-corrected chi connectivity index (χ0v) is 23.3.